The molecule has 0 aliphatic carbocycles. The first kappa shape index (κ1) is 16.5. The number of phenols is 1. The molecular formula is C20H15FO4. The van der Waals surface area contributed by atoms with E-state index in [4.69, 9.17) is 9.15 Å². The van der Waals surface area contributed by atoms with Crippen LogP contribution in [0.2, 0.25) is 0 Å². The summed E-state index contributed by atoms with van der Waals surface area (Å²) < 4.78 is 23.9. The maximum Gasteiger partial charge on any atom is 0.186 e. The van der Waals surface area contributed by atoms with Gasteiger partial charge in [0.25, 0.3) is 0 Å². The molecule has 1 N–H and O–H groups in total. The van der Waals surface area contributed by atoms with E-state index in [2.05, 4.69) is 0 Å². The number of allylic oxidation sites excluding steroid dienone is 1. The molecule has 3 rings (SSSR count). The quantitative estimate of drug-likeness (QED) is 0.527. The number of hydrogen-bond acceptors (Lipinski definition) is 4. The molecule has 0 aliphatic rings. The van der Waals surface area contributed by atoms with Gasteiger partial charge >= 0.3 is 0 Å². The second-order valence-corrected chi connectivity index (χ2v) is 5.29. The molecule has 0 aliphatic heterocycles. The lowest BCUT2D eigenvalue weighted by molar-refractivity contribution is 0.104. The Morgan fingerprint density at radius 2 is 1.92 bits per heavy atom. The highest BCUT2D eigenvalue weighted by Crippen LogP contribution is 2.16. The summed E-state index contributed by atoms with van der Waals surface area (Å²) in [5, 5.41) is 9.39. The van der Waals surface area contributed by atoms with Gasteiger partial charge in [-0.15, -0.1) is 0 Å². The Balaban J connectivity index is 1.59. The van der Waals surface area contributed by atoms with E-state index in [0.717, 1.165) is 0 Å². The Labute approximate surface area is 143 Å². The van der Waals surface area contributed by atoms with E-state index < -0.39 is 0 Å². The fraction of sp³-hybridized carbons (Fsp3) is 0.0500. The van der Waals surface area contributed by atoms with Crippen molar-refractivity contribution in [1.29, 1.82) is 0 Å². The second-order valence-electron chi connectivity index (χ2n) is 5.29. The lowest BCUT2D eigenvalue weighted by atomic mass is 10.1. The molecule has 25 heavy (non-hydrogen) atoms. The normalized spacial score (nSPS) is 10.9. The van der Waals surface area contributed by atoms with Crippen molar-refractivity contribution in [3.8, 4) is 11.5 Å². The van der Waals surface area contributed by atoms with E-state index in [0.29, 0.717) is 22.8 Å². The monoisotopic (exact) mass is 338 g/mol. The number of rotatable bonds is 6. The lowest BCUT2D eigenvalue weighted by Gasteiger charge is -2.03. The molecule has 0 saturated carbocycles. The minimum Gasteiger partial charge on any atom is -0.508 e. The highest BCUT2D eigenvalue weighted by Gasteiger charge is 2.05. The second kappa shape index (κ2) is 7.49. The van der Waals surface area contributed by atoms with Gasteiger partial charge in [-0.25, -0.2) is 4.39 Å². The number of phenolic OH excluding ortho intramolecular Hbond substituents is 1. The van der Waals surface area contributed by atoms with E-state index in [9.17, 15) is 14.3 Å². The van der Waals surface area contributed by atoms with Crippen LogP contribution in [0.5, 0.6) is 11.5 Å². The van der Waals surface area contributed by atoms with Crippen LogP contribution in [0.3, 0.4) is 0 Å². The van der Waals surface area contributed by atoms with Crippen molar-refractivity contribution in [2.45, 2.75) is 6.61 Å². The number of benzene rings is 2. The molecule has 1 aromatic heterocycles. The number of halogens is 1. The number of hydrogen-bond donors (Lipinski definition) is 1. The summed E-state index contributed by atoms with van der Waals surface area (Å²) in [7, 11) is 0. The van der Waals surface area contributed by atoms with Crippen molar-refractivity contribution in [2.75, 3.05) is 0 Å². The molecule has 0 atom stereocenters. The van der Waals surface area contributed by atoms with Gasteiger partial charge in [0.15, 0.2) is 5.78 Å². The molecule has 0 amide bonds. The van der Waals surface area contributed by atoms with Gasteiger partial charge in [-0.1, -0.05) is 12.1 Å². The smallest absolute Gasteiger partial charge is 0.186 e. The summed E-state index contributed by atoms with van der Waals surface area (Å²) in [5.41, 5.74) is 0.391. The van der Waals surface area contributed by atoms with Crippen molar-refractivity contribution in [1.82, 2.24) is 0 Å². The van der Waals surface area contributed by atoms with Crippen LogP contribution in [0.1, 0.15) is 21.9 Å². The highest BCUT2D eigenvalue weighted by atomic mass is 19.1. The first-order valence-electron chi connectivity index (χ1n) is 7.59. The van der Waals surface area contributed by atoms with E-state index >= 15 is 0 Å². The summed E-state index contributed by atoms with van der Waals surface area (Å²) in [4.78, 5) is 12.0. The van der Waals surface area contributed by atoms with Gasteiger partial charge in [0, 0.05) is 5.56 Å². The summed E-state index contributed by atoms with van der Waals surface area (Å²) in [6.07, 6.45) is 2.92. The van der Waals surface area contributed by atoms with Gasteiger partial charge in [0.2, 0.25) is 0 Å². The van der Waals surface area contributed by atoms with Crippen LogP contribution in [0.4, 0.5) is 4.39 Å². The van der Waals surface area contributed by atoms with Gasteiger partial charge in [-0.3, -0.25) is 4.79 Å². The molecule has 0 fully saturated rings. The fourth-order valence-corrected chi connectivity index (χ4v) is 2.16. The van der Waals surface area contributed by atoms with Crippen molar-refractivity contribution in [3.05, 3.63) is 89.6 Å². The topological polar surface area (TPSA) is 59.7 Å². The Bertz CT molecular complexity index is 894. The molecule has 0 saturated heterocycles. The van der Waals surface area contributed by atoms with Crippen LogP contribution >= 0.6 is 0 Å². The number of ether oxygens (including phenoxy) is 1. The number of aromatic hydroxyl groups is 1. The molecule has 1 heterocycles. The maximum absolute atomic E-state index is 12.8. The SMILES string of the molecule is O=C(/C=C/c1ccc(COc2ccc(F)cc2)o1)c1cccc(O)c1. The molecule has 3 aromatic rings. The van der Waals surface area contributed by atoms with E-state index in [-0.39, 0.29) is 24.0 Å². The number of furan rings is 1. The molecule has 4 nitrogen and oxygen atoms in total. The van der Waals surface area contributed by atoms with Gasteiger partial charge in [-0.05, 0) is 60.7 Å². The predicted octanol–water partition coefficient (Wildman–Crippen LogP) is 4.60. The minimum absolute atomic E-state index is 0.0393. The molecule has 0 radical (unpaired) electrons. The lowest BCUT2D eigenvalue weighted by Crippen LogP contribution is -1.93. The predicted molar refractivity (Wildman–Crippen MR) is 90.9 cm³/mol. The van der Waals surface area contributed by atoms with Gasteiger partial charge in [-0.2, -0.15) is 0 Å². The summed E-state index contributed by atoms with van der Waals surface area (Å²) >= 11 is 0. The van der Waals surface area contributed by atoms with E-state index in [1.54, 1.807) is 30.3 Å². The molecule has 126 valence electrons. The van der Waals surface area contributed by atoms with Crippen LogP contribution in [0.25, 0.3) is 6.08 Å². The van der Waals surface area contributed by atoms with Crippen molar-refractivity contribution < 1.29 is 23.4 Å². The Hall–Kier alpha value is -3.34. The van der Waals surface area contributed by atoms with Gasteiger partial charge in [0.05, 0.1) is 0 Å². The third-order valence-corrected chi connectivity index (χ3v) is 3.41. The van der Waals surface area contributed by atoms with Crippen LogP contribution in [-0.2, 0) is 6.61 Å². The highest BCUT2D eigenvalue weighted by molar-refractivity contribution is 6.06. The first-order valence-corrected chi connectivity index (χ1v) is 7.59. The standard InChI is InChI=1S/C20H15FO4/c21-15-4-6-17(7-5-15)24-13-19-9-8-18(25-19)10-11-20(23)14-2-1-3-16(22)12-14/h1-12,22H,13H2/b11-10+. The van der Waals surface area contributed by atoms with Crippen LogP contribution in [-0.4, -0.2) is 10.9 Å². The molecule has 0 unspecified atom stereocenters. The third-order valence-electron chi connectivity index (χ3n) is 3.41. The van der Waals surface area contributed by atoms with Crippen LogP contribution in [0.15, 0.2) is 71.2 Å². The Kier molecular flexibility index (Phi) is 4.95. The summed E-state index contributed by atoms with van der Waals surface area (Å²) in [6, 6.07) is 15.3. The van der Waals surface area contributed by atoms with Gasteiger partial charge < -0.3 is 14.3 Å². The average Bonchev–Trinajstić information content (AvgIpc) is 3.07. The molecule has 2 aromatic carbocycles. The molecule has 5 heteroatoms. The van der Waals surface area contributed by atoms with E-state index in [1.807, 2.05) is 0 Å². The molecule has 0 spiro atoms. The average molecular weight is 338 g/mol. The van der Waals surface area contributed by atoms with Crippen molar-refractivity contribution in [2.24, 2.45) is 0 Å². The number of ketones is 1. The Morgan fingerprint density at radius 3 is 2.68 bits per heavy atom. The first-order chi connectivity index (χ1) is 12.1. The molecular weight excluding hydrogens is 323 g/mol. The minimum atomic E-state index is -0.325. The van der Waals surface area contributed by atoms with Crippen LogP contribution in [0, 0.1) is 5.82 Å². The third kappa shape index (κ3) is 4.57. The van der Waals surface area contributed by atoms with Crippen molar-refractivity contribution in [3.63, 3.8) is 0 Å². The largest absolute Gasteiger partial charge is 0.508 e. The Morgan fingerprint density at radius 1 is 1.12 bits per heavy atom. The van der Waals surface area contributed by atoms with Crippen LogP contribution < -0.4 is 4.74 Å². The van der Waals surface area contributed by atoms with E-state index in [1.165, 1.54) is 42.5 Å². The van der Waals surface area contributed by atoms with Gasteiger partial charge in [0.1, 0.15) is 35.4 Å². The summed E-state index contributed by atoms with van der Waals surface area (Å²) in [5.74, 6) is 1.09. The number of carbonyl (C=O) groups excluding carboxylic acids is 1. The summed E-state index contributed by atoms with van der Waals surface area (Å²) in [6.45, 7) is 0.194. The zero-order chi connectivity index (χ0) is 17.6. The number of carbonyl (C=O) groups is 1. The zero-order valence-electron chi connectivity index (χ0n) is 13.2. The zero-order valence-corrected chi connectivity index (χ0v) is 13.2. The maximum atomic E-state index is 12.8. The van der Waals surface area contributed by atoms with Crippen molar-refractivity contribution >= 4 is 11.9 Å². The molecule has 0 bridgehead atoms. The fourth-order valence-electron chi connectivity index (χ4n) is 2.16.